The Morgan fingerprint density at radius 2 is 1.19 bits per heavy atom. The summed E-state index contributed by atoms with van der Waals surface area (Å²) < 4.78 is 15.4. The molecule has 0 aromatic rings. The molecule has 0 unspecified atom stereocenters. The minimum atomic E-state index is -1.76. The molecule has 0 radical (unpaired) electrons. The highest BCUT2D eigenvalue weighted by atomic mass is 32.1. The van der Waals surface area contributed by atoms with Crippen molar-refractivity contribution in [1.82, 2.24) is 0 Å². The Morgan fingerprint density at radius 3 is 1.48 bits per heavy atom. The average molecular weight is 356 g/mol. The zero-order valence-electron chi connectivity index (χ0n) is 12.1. The second-order valence-corrected chi connectivity index (χ2v) is 6.03. The molecule has 6 nitrogen and oxygen atoms in total. The number of hydrogen-bond donors (Lipinski definition) is 3. The number of thiol groups is 3. The van der Waals surface area contributed by atoms with Crippen molar-refractivity contribution in [2.24, 2.45) is 5.41 Å². The van der Waals surface area contributed by atoms with Gasteiger partial charge in [0.1, 0.15) is 0 Å². The summed E-state index contributed by atoms with van der Waals surface area (Å²) in [5, 5.41) is 0. The Kier molecular flexibility index (Phi) is 8.57. The summed E-state index contributed by atoms with van der Waals surface area (Å²) >= 11 is 11.4. The van der Waals surface area contributed by atoms with Crippen LogP contribution < -0.4 is 0 Å². The molecule has 0 amide bonds. The summed E-state index contributed by atoms with van der Waals surface area (Å²) in [6.45, 7) is 4.60. The van der Waals surface area contributed by atoms with E-state index < -0.39 is 35.7 Å². The summed E-state index contributed by atoms with van der Waals surface area (Å²) in [6.07, 6.45) is 0. The highest BCUT2D eigenvalue weighted by Gasteiger charge is 2.50. The van der Waals surface area contributed by atoms with Crippen molar-refractivity contribution in [2.75, 3.05) is 23.9 Å². The minimum Gasteiger partial charge on any atom is -0.457 e. The number of carbonyl (C=O) groups is 3. The number of hydrogen-bond acceptors (Lipinski definition) is 9. The van der Waals surface area contributed by atoms with Crippen LogP contribution in [0.5, 0.6) is 0 Å². The Morgan fingerprint density at radius 1 is 0.810 bits per heavy atom. The molecular formula is C12H20O6S3. The van der Waals surface area contributed by atoms with E-state index in [0.717, 1.165) is 0 Å². The minimum absolute atomic E-state index is 0.152. The third-order valence-corrected chi connectivity index (χ3v) is 3.29. The summed E-state index contributed by atoms with van der Waals surface area (Å²) in [5.41, 5.74) is -0.846. The van der Waals surface area contributed by atoms with E-state index in [9.17, 15) is 14.4 Å². The first-order valence-electron chi connectivity index (χ1n) is 6.03. The Hall–Kier alpha value is -0.540. The zero-order chi connectivity index (χ0) is 16.7. The number of rotatable bonds is 7. The number of carbonyl (C=O) groups excluding carboxylic acids is 3. The molecule has 0 heterocycles. The maximum Gasteiger partial charge on any atom is 0.319 e. The van der Waals surface area contributed by atoms with Gasteiger partial charge in [-0.05, 0) is 0 Å². The van der Waals surface area contributed by atoms with Crippen molar-refractivity contribution in [3.05, 3.63) is 0 Å². The van der Waals surface area contributed by atoms with Crippen molar-refractivity contribution in [1.29, 1.82) is 0 Å². The molecule has 122 valence electrons. The van der Waals surface area contributed by atoms with Crippen molar-refractivity contribution >= 4 is 55.8 Å². The molecule has 0 spiro atoms. The highest BCUT2D eigenvalue weighted by molar-refractivity contribution is 7.81. The molecule has 0 N–H and O–H groups in total. The first kappa shape index (κ1) is 20.5. The second-order valence-electron chi connectivity index (χ2n) is 5.09. The van der Waals surface area contributed by atoms with E-state index >= 15 is 0 Å². The molecule has 0 fully saturated rings. The van der Waals surface area contributed by atoms with Gasteiger partial charge in [-0.1, -0.05) is 20.8 Å². The Balaban J connectivity index is 5.44. The molecule has 0 aliphatic carbocycles. The lowest BCUT2D eigenvalue weighted by atomic mass is 9.85. The fourth-order valence-corrected chi connectivity index (χ4v) is 1.48. The van der Waals surface area contributed by atoms with E-state index in [1.807, 2.05) is 0 Å². The number of esters is 3. The lowest BCUT2D eigenvalue weighted by molar-refractivity contribution is -0.277. The van der Waals surface area contributed by atoms with E-state index in [1.54, 1.807) is 20.8 Å². The molecule has 0 aliphatic rings. The summed E-state index contributed by atoms with van der Waals surface area (Å²) in [6, 6.07) is 0. The second kappa shape index (κ2) is 8.79. The first-order chi connectivity index (χ1) is 9.61. The van der Waals surface area contributed by atoms with Crippen molar-refractivity contribution in [3.8, 4) is 0 Å². The van der Waals surface area contributed by atoms with Gasteiger partial charge < -0.3 is 14.2 Å². The van der Waals surface area contributed by atoms with Crippen LogP contribution in [0.15, 0.2) is 0 Å². The maximum absolute atomic E-state index is 11.6. The molecule has 0 bridgehead atoms. The van der Waals surface area contributed by atoms with Crippen LogP contribution in [-0.4, -0.2) is 47.6 Å². The largest absolute Gasteiger partial charge is 0.457 e. The van der Waals surface area contributed by atoms with Gasteiger partial charge in [0, 0.05) is 5.41 Å². The Labute approximate surface area is 140 Å². The summed E-state index contributed by atoms with van der Waals surface area (Å²) in [5.74, 6) is -4.37. The maximum atomic E-state index is 11.6. The van der Waals surface area contributed by atoms with Gasteiger partial charge in [-0.2, -0.15) is 37.9 Å². The van der Waals surface area contributed by atoms with Crippen LogP contribution in [0.25, 0.3) is 0 Å². The van der Waals surface area contributed by atoms with Crippen LogP contribution in [0.3, 0.4) is 0 Å². The average Bonchev–Trinajstić information content (AvgIpc) is 2.42. The first-order valence-corrected chi connectivity index (χ1v) is 7.93. The SMILES string of the molecule is CC(C)(C)C(COC(=O)CS)(OC(=O)CS)OC(=O)CS. The number of ether oxygens (including phenoxy) is 3. The standard InChI is InChI=1S/C12H20O6S3/c1-11(2,3)12(17-9(14)5-20,18-10(15)6-21)7-16-8(13)4-19/h19-21H,4-7H2,1-3H3. The molecule has 0 saturated heterocycles. The third kappa shape index (κ3) is 6.39. The molecule has 0 atom stereocenters. The summed E-state index contributed by atoms with van der Waals surface area (Å²) in [7, 11) is 0. The monoisotopic (exact) mass is 356 g/mol. The van der Waals surface area contributed by atoms with E-state index in [2.05, 4.69) is 37.9 Å². The van der Waals surface area contributed by atoms with Gasteiger partial charge in [-0.15, -0.1) is 0 Å². The normalized spacial score (nSPS) is 11.7. The van der Waals surface area contributed by atoms with Crippen molar-refractivity contribution in [3.63, 3.8) is 0 Å². The van der Waals surface area contributed by atoms with E-state index in [1.165, 1.54) is 0 Å². The van der Waals surface area contributed by atoms with Crippen LogP contribution in [0.4, 0.5) is 0 Å². The van der Waals surface area contributed by atoms with E-state index in [4.69, 9.17) is 14.2 Å². The van der Waals surface area contributed by atoms with E-state index in [-0.39, 0.29) is 17.3 Å². The topological polar surface area (TPSA) is 78.9 Å². The fraction of sp³-hybridized carbons (Fsp3) is 0.750. The zero-order valence-corrected chi connectivity index (χ0v) is 14.8. The van der Waals surface area contributed by atoms with Crippen molar-refractivity contribution in [2.45, 2.75) is 26.6 Å². The smallest absolute Gasteiger partial charge is 0.319 e. The molecular weight excluding hydrogens is 336 g/mol. The Bertz CT molecular complexity index is 373. The molecule has 0 aliphatic heterocycles. The predicted octanol–water partition coefficient (Wildman–Crippen LogP) is 1.15. The molecule has 0 rings (SSSR count). The fourth-order valence-electron chi connectivity index (χ4n) is 1.26. The molecule has 0 aromatic carbocycles. The van der Waals surface area contributed by atoms with Gasteiger partial charge >= 0.3 is 17.9 Å². The van der Waals surface area contributed by atoms with Crippen LogP contribution in [0.2, 0.25) is 0 Å². The van der Waals surface area contributed by atoms with Gasteiger partial charge in [0.15, 0.2) is 6.61 Å². The lowest BCUT2D eigenvalue weighted by Crippen LogP contribution is -2.55. The third-order valence-electron chi connectivity index (χ3n) is 2.51. The molecule has 0 saturated carbocycles. The van der Waals surface area contributed by atoms with Crippen molar-refractivity contribution < 1.29 is 28.6 Å². The molecule has 9 heteroatoms. The molecule has 21 heavy (non-hydrogen) atoms. The highest BCUT2D eigenvalue weighted by Crippen LogP contribution is 2.36. The van der Waals surface area contributed by atoms with Crippen LogP contribution in [-0.2, 0) is 28.6 Å². The summed E-state index contributed by atoms with van der Waals surface area (Å²) in [4.78, 5) is 34.5. The van der Waals surface area contributed by atoms with Gasteiger partial charge in [0.05, 0.1) is 17.3 Å². The molecule has 0 aromatic heterocycles. The van der Waals surface area contributed by atoms with Crippen LogP contribution in [0.1, 0.15) is 20.8 Å². The van der Waals surface area contributed by atoms with E-state index in [0.29, 0.717) is 0 Å². The van der Waals surface area contributed by atoms with Gasteiger partial charge in [-0.25, -0.2) is 0 Å². The van der Waals surface area contributed by atoms with Crippen LogP contribution >= 0.6 is 37.9 Å². The van der Waals surface area contributed by atoms with Crippen LogP contribution in [0, 0.1) is 5.41 Å². The van der Waals surface area contributed by atoms with Gasteiger partial charge in [0.2, 0.25) is 0 Å². The van der Waals surface area contributed by atoms with Gasteiger partial charge in [0.25, 0.3) is 5.79 Å². The quantitative estimate of drug-likeness (QED) is 0.361. The lowest BCUT2D eigenvalue weighted by Gasteiger charge is -2.41. The van der Waals surface area contributed by atoms with Gasteiger partial charge in [-0.3, -0.25) is 14.4 Å². The predicted molar refractivity (Wildman–Crippen MR) is 86.9 cm³/mol.